The van der Waals surface area contributed by atoms with Gasteiger partial charge in [-0.2, -0.15) is 5.26 Å². The highest BCUT2D eigenvalue weighted by Crippen LogP contribution is 2.43. The van der Waals surface area contributed by atoms with Crippen LogP contribution in [0.3, 0.4) is 0 Å². The smallest absolute Gasteiger partial charge is 0.379 e. The van der Waals surface area contributed by atoms with E-state index in [1.54, 1.807) is 38.3 Å². The second-order valence-corrected chi connectivity index (χ2v) is 8.90. The summed E-state index contributed by atoms with van der Waals surface area (Å²) in [6.45, 7) is 1.81. The van der Waals surface area contributed by atoms with Crippen molar-refractivity contribution in [2.24, 2.45) is 5.73 Å². The summed E-state index contributed by atoms with van der Waals surface area (Å²) in [4.78, 5) is 12.9. The van der Waals surface area contributed by atoms with Gasteiger partial charge in [0, 0.05) is 27.1 Å². The molecule has 0 saturated carbocycles. The molecule has 0 saturated heterocycles. The Kier molecular flexibility index (Phi) is 5.71. The molecule has 5 rings (SSSR count). The number of carbonyl (C=O) groups is 1. The molecule has 0 aliphatic carbocycles. The van der Waals surface area contributed by atoms with Gasteiger partial charge < -0.3 is 24.4 Å². The summed E-state index contributed by atoms with van der Waals surface area (Å²) in [6.07, 6.45) is 0. The molecule has 1 unspecified atom stereocenters. The topological polar surface area (TPSA) is 108 Å². The minimum Gasteiger partial charge on any atom is -0.497 e. The van der Waals surface area contributed by atoms with Gasteiger partial charge in [0.15, 0.2) is 0 Å². The van der Waals surface area contributed by atoms with Crippen LogP contribution in [0.2, 0.25) is 0 Å². The first-order chi connectivity index (χ1) is 16.9. The molecule has 1 aliphatic rings. The van der Waals surface area contributed by atoms with E-state index in [1.807, 2.05) is 36.4 Å². The summed E-state index contributed by atoms with van der Waals surface area (Å²) in [6, 6.07) is 20.1. The van der Waals surface area contributed by atoms with Crippen LogP contribution in [0.25, 0.3) is 11.0 Å². The van der Waals surface area contributed by atoms with Gasteiger partial charge in [0.1, 0.15) is 34.5 Å². The Morgan fingerprint density at radius 3 is 2.54 bits per heavy atom. The van der Waals surface area contributed by atoms with E-state index in [9.17, 15) is 10.1 Å². The van der Waals surface area contributed by atoms with Crippen LogP contribution in [0.1, 0.15) is 33.2 Å². The van der Waals surface area contributed by atoms with E-state index >= 15 is 0 Å². The van der Waals surface area contributed by atoms with E-state index in [1.165, 1.54) is 0 Å². The number of hydrogen-bond acceptors (Lipinski definition) is 7. The number of esters is 1. The average molecular weight is 531 g/mol. The molecule has 3 aromatic carbocycles. The Bertz CT molecular complexity index is 1550. The van der Waals surface area contributed by atoms with Gasteiger partial charge >= 0.3 is 5.97 Å². The van der Waals surface area contributed by atoms with Crippen LogP contribution < -0.4 is 19.9 Å². The van der Waals surface area contributed by atoms with Crippen molar-refractivity contribution in [2.45, 2.75) is 12.8 Å². The lowest BCUT2D eigenvalue weighted by Crippen LogP contribution is -2.21. The van der Waals surface area contributed by atoms with Crippen LogP contribution in [-0.2, 0) is 0 Å². The molecule has 1 aliphatic heterocycles. The quantitative estimate of drug-likeness (QED) is 0.256. The van der Waals surface area contributed by atoms with Crippen molar-refractivity contribution in [3.63, 3.8) is 0 Å². The number of aryl methyl sites for hydroxylation is 1. The molecular weight excluding hydrogens is 512 g/mol. The fraction of sp³-hybridized carbons (Fsp3) is 0.111. The predicted molar refractivity (Wildman–Crippen MR) is 132 cm³/mol. The SMILES string of the molecule is COc1ccc(C2C(C#N)=C(N)Oc3cc(OC(=O)c4oc5cc(Br)ccc5c4C)ccc32)cc1. The number of nitrogens with two attached hydrogens (primary N) is 1. The molecule has 35 heavy (non-hydrogen) atoms. The van der Waals surface area contributed by atoms with Crippen LogP contribution in [0, 0.1) is 18.3 Å². The summed E-state index contributed by atoms with van der Waals surface area (Å²) in [5.74, 6) is 0.428. The van der Waals surface area contributed by atoms with Crippen molar-refractivity contribution in [1.82, 2.24) is 0 Å². The predicted octanol–water partition coefficient (Wildman–Crippen LogP) is 5.95. The number of ether oxygens (including phenoxy) is 3. The lowest BCUT2D eigenvalue weighted by molar-refractivity contribution is 0.0702. The van der Waals surface area contributed by atoms with Gasteiger partial charge in [0.05, 0.1) is 13.0 Å². The highest BCUT2D eigenvalue weighted by molar-refractivity contribution is 9.10. The number of nitriles is 1. The zero-order valence-corrected chi connectivity index (χ0v) is 20.4. The monoisotopic (exact) mass is 530 g/mol. The van der Waals surface area contributed by atoms with E-state index in [0.29, 0.717) is 28.2 Å². The van der Waals surface area contributed by atoms with Crippen LogP contribution in [0.15, 0.2) is 81.0 Å². The number of rotatable bonds is 4. The third-order valence-corrected chi connectivity index (χ3v) is 6.43. The third-order valence-electron chi connectivity index (χ3n) is 5.94. The maximum Gasteiger partial charge on any atom is 0.379 e. The Hall–Kier alpha value is -4.22. The van der Waals surface area contributed by atoms with Crippen molar-refractivity contribution < 1.29 is 23.4 Å². The lowest BCUT2D eigenvalue weighted by Gasteiger charge is -2.26. The van der Waals surface area contributed by atoms with Gasteiger partial charge in [-0.15, -0.1) is 0 Å². The third kappa shape index (κ3) is 4.00. The zero-order valence-electron chi connectivity index (χ0n) is 18.8. The molecule has 0 fully saturated rings. The van der Waals surface area contributed by atoms with Gasteiger partial charge in [-0.05, 0) is 48.9 Å². The number of nitrogens with zero attached hydrogens (tertiary/aromatic N) is 1. The molecule has 0 amide bonds. The number of benzene rings is 3. The molecule has 8 heteroatoms. The summed E-state index contributed by atoms with van der Waals surface area (Å²) >= 11 is 3.40. The number of furan rings is 1. The number of fused-ring (bicyclic) bond motifs is 2. The zero-order chi connectivity index (χ0) is 24.7. The highest BCUT2D eigenvalue weighted by Gasteiger charge is 2.31. The summed E-state index contributed by atoms with van der Waals surface area (Å²) in [5.41, 5.74) is 9.25. The number of allylic oxidation sites excluding steroid dienone is 1. The number of methoxy groups -OCH3 is 1. The molecule has 0 radical (unpaired) electrons. The van der Waals surface area contributed by atoms with Gasteiger partial charge in [0.2, 0.25) is 11.6 Å². The van der Waals surface area contributed by atoms with E-state index in [2.05, 4.69) is 22.0 Å². The van der Waals surface area contributed by atoms with Gasteiger partial charge in [-0.1, -0.05) is 34.1 Å². The number of halogens is 1. The molecule has 0 spiro atoms. The molecule has 7 nitrogen and oxygen atoms in total. The Morgan fingerprint density at radius 2 is 1.83 bits per heavy atom. The summed E-state index contributed by atoms with van der Waals surface area (Å²) < 4.78 is 23.2. The Morgan fingerprint density at radius 1 is 1.09 bits per heavy atom. The minimum atomic E-state index is -0.626. The van der Waals surface area contributed by atoms with Crippen molar-refractivity contribution in [3.8, 4) is 23.3 Å². The average Bonchev–Trinajstić information content (AvgIpc) is 3.18. The maximum absolute atomic E-state index is 12.9. The first kappa shape index (κ1) is 22.6. The number of hydrogen-bond donors (Lipinski definition) is 1. The summed E-state index contributed by atoms with van der Waals surface area (Å²) in [5, 5.41) is 10.6. The molecule has 4 aromatic rings. The van der Waals surface area contributed by atoms with E-state index < -0.39 is 11.9 Å². The van der Waals surface area contributed by atoms with Crippen LogP contribution >= 0.6 is 15.9 Å². The van der Waals surface area contributed by atoms with Crippen molar-refractivity contribution in [2.75, 3.05) is 7.11 Å². The van der Waals surface area contributed by atoms with Crippen LogP contribution in [0.4, 0.5) is 0 Å². The van der Waals surface area contributed by atoms with E-state index in [0.717, 1.165) is 21.0 Å². The molecule has 1 atom stereocenters. The standard InChI is InChI=1S/C27H19BrN2O5/c1-14-19-9-5-16(28)11-22(19)34-25(14)27(31)33-18-8-10-20-23(12-18)35-26(30)21(13-29)24(20)15-3-6-17(32-2)7-4-15/h3-12,24H,30H2,1-2H3. The van der Waals surface area contributed by atoms with Crippen molar-refractivity contribution >= 4 is 32.9 Å². The fourth-order valence-corrected chi connectivity index (χ4v) is 4.53. The van der Waals surface area contributed by atoms with E-state index in [-0.39, 0.29) is 17.4 Å². The largest absolute Gasteiger partial charge is 0.497 e. The second kappa shape index (κ2) is 8.85. The molecule has 0 bridgehead atoms. The first-order valence-electron chi connectivity index (χ1n) is 10.7. The van der Waals surface area contributed by atoms with Gasteiger partial charge in [-0.3, -0.25) is 0 Å². The molecule has 174 valence electrons. The minimum absolute atomic E-state index is 0.00278. The number of carbonyl (C=O) groups excluding carboxylic acids is 1. The van der Waals surface area contributed by atoms with Gasteiger partial charge in [0.25, 0.3) is 0 Å². The Labute approximate surface area is 209 Å². The Balaban J connectivity index is 1.48. The van der Waals surface area contributed by atoms with E-state index in [4.69, 9.17) is 24.4 Å². The fourth-order valence-electron chi connectivity index (χ4n) is 4.19. The van der Waals surface area contributed by atoms with Crippen LogP contribution in [-0.4, -0.2) is 13.1 Å². The first-order valence-corrected chi connectivity index (χ1v) is 11.4. The molecular formula is C27H19BrN2O5. The summed E-state index contributed by atoms with van der Waals surface area (Å²) in [7, 11) is 1.59. The highest BCUT2D eigenvalue weighted by atomic mass is 79.9. The second-order valence-electron chi connectivity index (χ2n) is 7.98. The lowest BCUT2D eigenvalue weighted by atomic mass is 9.83. The molecule has 1 aromatic heterocycles. The van der Waals surface area contributed by atoms with Crippen molar-refractivity contribution in [1.29, 1.82) is 5.26 Å². The van der Waals surface area contributed by atoms with Crippen molar-refractivity contribution in [3.05, 3.63) is 99.0 Å². The normalized spacial score (nSPS) is 14.7. The molecule has 2 N–H and O–H groups in total. The maximum atomic E-state index is 12.9. The van der Waals surface area contributed by atoms with Gasteiger partial charge in [-0.25, -0.2) is 4.79 Å². The van der Waals surface area contributed by atoms with Crippen LogP contribution in [0.5, 0.6) is 17.2 Å². The molecule has 2 heterocycles.